The largest absolute Gasteiger partial charge is 0.496 e. The molecule has 360 valence electrons. The van der Waals surface area contributed by atoms with Crippen LogP contribution in [0.15, 0.2) is 36.4 Å². The van der Waals surface area contributed by atoms with E-state index in [4.69, 9.17) is 15.2 Å². The minimum absolute atomic E-state index is 0.0854. The summed E-state index contributed by atoms with van der Waals surface area (Å²) in [6.07, 6.45) is 13.5. The number of methoxy groups -OCH3 is 2. The number of amides is 6. The van der Waals surface area contributed by atoms with Gasteiger partial charge in [-0.15, -0.1) is 0 Å². The van der Waals surface area contributed by atoms with Crippen molar-refractivity contribution >= 4 is 41.4 Å². The molecule has 1 aliphatic heterocycles. The second kappa shape index (κ2) is 27.5. The van der Waals surface area contributed by atoms with Gasteiger partial charge in [0.2, 0.25) is 29.5 Å². The number of aliphatic hydroxyl groups is 1. The molecule has 3 rings (SSSR count). The Kier molecular flexibility index (Phi) is 22.7. The van der Waals surface area contributed by atoms with Gasteiger partial charge in [0.05, 0.1) is 27.4 Å². The van der Waals surface area contributed by atoms with Crippen LogP contribution in [0.2, 0.25) is 0 Å². The summed E-state index contributed by atoms with van der Waals surface area (Å²) < 4.78 is 11.3. The highest BCUT2D eigenvalue weighted by Crippen LogP contribution is 2.39. The predicted octanol–water partition coefficient (Wildman–Crippen LogP) is 3.32. The molecule has 8 N–H and O–H groups in total. The Morgan fingerprint density at radius 2 is 1.34 bits per heavy atom. The lowest BCUT2D eigenvalue weighted by Gasteiger charge is -2.30. The summed E-state index contributed by atoms with van der Waals surface area (Å²) in [4.78, 5) is 94.5. The normalized spacial score (nSPS) is 17.0. The molecule has 0 fully saturated rings. The lowest BCUT2D eigenvalue weighted by molar-refractivity contribution is -0.143. The third-order valence-electron chi connectivity index (χ3n) is 11.8. The van der Waals surface area contributed by atoms with Crippen LogP contribution in [0.4, 0.5) is 0 Å². The number of hydrogen-bond acceptors (Lipinski definition) is 11. The number of aliphatic hydroxyl groups excluding tert-OH is 1. The van der Waals surface area contributed by atoms with Gasteiger partial charge in [0.1, 0.15) is 35.7 Å². The summed E-state index contributed by atoms with van der Waals surface area (Å²) in [5, 5.41) is 29.7. The fourth-order valence-electron chi connectivity index (χ4n) is 7.72. The van der Waals surface area contributed by atoms with Crippen molar-refractivity contribution < 1.29 is 53.2 Å². The summed E-state index contributed by atoms with van der Waals surface area (Å²) in [5.41, 5.74) is 7.75. The van der Waals surface area contributed by atoms with E-state index in [0.29, 0.717) is 34.6 Å². The number of carboxylic acids is 1. The van der Waals surface area contributed by atoms with E-state index in [-0.39, 0.29) is 24.3 Å². The van der Waals surface area contributed by atoms with E-state index in [2.05, 4.69) is 28.2 Å². The van der Waals surface area contributed by atoms with Gasteiger partial charge in [0, 0.05) is 38.1 Å². The third-order valence-corrected chi connectivity index (χ3v) is 11.8. The van der Waals surface area contributed by atoms with Crippen LogP contribution in [-0.2, 0) is 40.0 Å². The molecule has 5 atom stereocenters. The number of ether oxygens (including phenoxy) is 2. The molecular weight excluding hydrogens is 839 g/mol. The van der Waals surface area contributed by atoms with Gasteiger partial charge in [-0.1, -0.05) is 96.1 Å². The maximum absolute atomic E-state index is 14.0. The fourth-order valence-corrected chi connectivity index (χ4v) is 7.72. The maximum atomic E-state index is 14.0. The molecule has 0 aromatic heterocycles. The standard InChI is InChI=1S/C47H71N7O11/c1-7-8-9-10-11-12-13-14-15-16-17-18-19-20-39(56)53(3)36(29-55)44(59)52-42(48)46(61)49-28-40(57)54(4)41-32-22-24-38(65-6)34(27-32)33-25-31(21-23-37(33)64-5)26-35(47(62)63)51-43(58)30(2)50-45(41)60/h21-25,27,30,35-36,41-42,55H,7-20,26,28-29,48H2,1-6H3,(H,49,61)(H,50,60)(H,51,58)(H,52,59)(H,62,63)/t30-,35-,36+,41-,42-/m0/s1. The highest BCUT2D eigenvalue weighted by Gasteiger charge is 2.34. The molecule has 2 aromatic carbocycles. The minimum Gasteiger partial charge on any atom is -0.496 e. The van der Waals surface area contributed by atoms with Crippen LogP contribution in [0.3, 0.4) is 0 Å². The van der Waals surface area contributed by atoms with Gasteiger partial charge in [-0.25, -0.2) is 4.79 Å². The van der Waals surface area contributed by atoms with E-state index in [0.717, 1.165) is 29.1 Å². The molecule has 18 nitrogen and oxygen atoms in total. The van der Waals surface area contributed by atoms with Crippen molar-refractivity contribution in [1.29, 1.82) is 0 Å². The number of carboxylic acid groups (broad SMARTS) is 1. The molecule has 0 radical (unpaired) electrons. The molecule has 1 aliphatic rings. The molecule has 4 bridgehead atoms. The number of fused-ring (bicyclic) bond motifs is 5. The Balaban J connectivity index is 1.64. The van der Waals surface area contributed by atoms with E-state index in [1.807, 2.05) is 0 Å². The van der Waals surface area contributed by atoms with Crippen LogP contribution in [0.25, 0.3) is 11.1 Å². The summed E-state index contributed by atoms with van der Waals surface area (Å²) >= 11 is 0. The van der Waals surface area contributed by atoms with Gasteiger partial charge in [-0.3, -0.25) is 28.8 Å². The molecule has 6 amide bonds. The summed E-state index contributed by atoms with van der Waals surface area (Å²) in [5.74, 6) is -5.07. The lowest BCUT2D eigenvalue weighted by atomic mass is 9.93. The lowest BCUT2D eigenvalue weighted by Crippen LogP contribution is -2.59. The first-order valence-electron chi connectivity index (χ1n) is 22.7. The number of carbonyl (C=O) groups excluding carboxylic acids is 6. The van der Waals surface area contributed by atoms with E-state index < -0.39 is 79.0 Å². The highest BCUT2D eigenvalue weighted by atomic mass is 16.5. The SMILES string of the molecule is CCCCCCCCCCCCCCCC(=O)N(C)[C@H](CO)C(=O)N[C@H](N)C(=O)NCC(=O)N(C)[C@@H]1C(=O)N[C@@H](C)C(=O)N[C@H](C(=O)O)Cc2ccc(OC)c(c2)-c2cc1ccc2OC. The van der Waals surface area contributed by atoms with Crippen molar-refractivity contribution in [2.24, 2.45) is 5.73 Å². The number of aliphatic carboxylic acids is 1. The Morgan fingerprint density at radius 3 is 1.89 bits per heavy atom. The van der Waals surface area contributed by atoms with Gasteiger partial charge in [-0.2, -0.15) is 0 Å². The number of nitrogens with one attached hydrogen (secondary N) is 4. The first-order chi connectivity index (χ1) is 31.1. The van der Waals surface area contributed by atoms with Gasteiger partial charge in [0.15, 0.2) is 6.17 Å². The molecule has 0 spiro atoms. The molecule has 2 aromatic rings. The van der Waals surface area contributed by atoms with Crippen molar-refractivity contribution in [1.82, 2.24) is 31.1 Å². The number of nitrogens with zero attached hydrogens (tertiary/aromatic N) is 2. The molecule has 0 aliphatic carbocycles. The van der Waals surface area contributed by atoms with Crippen LogP contribution < -0.4 is 36.5 Å². The van der Waals surface area contributed by atoms with Crippen LogP contribution in [0.1, 0.15) is 121 Å². The van der Waals surface area contributed by atoms with Crippen molar-refractivity contribution in [2.75, 3.05) is 41.5 Å². The first kappa shape index (κ1) is 53.6. The minimum atomic E-state index is -1.68. The number of carbonyl (C=O) groups is 7. The van der Waals surface area contributed by atoms with Crippen molar-refractivity contribution in [3.8, 4) is 22.6 Å². The number of hydrogen-bond donors (Lipinski definition) is 7. The topological polar surface area (TPSA) is 259 Å². The summed E-state index contributed by atoms with van der Waals surface area (Å²) in [6.45, 7) is 2.18. The summed E-state index contributed by atoms with van der Waals surface area (Å²) in [6, 6.07) is 4.46. The van der Waals surface area contributed by atoms with Crippen LogP contribution in [-0.4, -0.2) is 127 Å². The number of rotatable bonds is 25. The van der Waals surface area contributed by atoms with E-state index >= 15 is 0 Å². The molecule has 0 saturated heterocycles. The number of likely N-dealkylation sites (N-methyl/N-ethyl adjacent to an activating group) is 2. The highest BCUT2D eigenvalue weighted by molar-refractivity contribution is 5.96. The van der Waals surface area contributed by atoms with Gasteiger partial charge in [0.25, 0.3) is 5.91 Å². The first-order valence-corrected chi connectivity index (χ1v) is 22.7. The molecular formula is C47H71N7O11. The Labute approximate surface area is 382 Å². The molecule has 0 unspecified atom stereocenters. The Bertz CT molecular complexity index is 1930. The van der Waals surface area contributed by atoms with Gasteiger partial charge >= 0.3 is 5.97 Å². The van der Waals surface area contributed by atoms with Gasteiger partial charge < -0.3 is 56.5 Å². The predicted molar refractivity (Wildman–Crippen MR) is 244 cm³/mol. The molecule has 1 heterocycles. The smallest absolute Gasteiger partial charge is 0.326 e. The number of nitrogens with two attached hydrogens (primary N) is 1. The zero-order valence-corrected chi connectivity index (χ0v) is 38.9. The molecule has 18 heteroatoms. The second-order valence-corrected chi connectivity index (χ2v) is 16.6. The average Bonchev–Trinajstić information content (AvgIpc) is 3.28. The van der Waals surface area contributed by atoms with Gasteiger partial charge in [-0.05, 0) is 48.7 Å². The number of unbranched alkanes of at least 4 members (excludes halogenated alkanes) is 12. The van der Waals surface area contributed by atoms with E-state index in [1.54, 1.807) is 36.4 Å². The summed E-state index contributed by atoms with van der Waals surface area (Å²) in [7, 11) is 5.61. The van der Waals surface area contributed by atoms with Crippen molar-refractivity contribution in [2.45, 2.75) is 140 Å². The second-order valence-electron chi connectivity index (χ2n) is 16.6. The Morgan fingerprint density at radius 1 is 0.785 bits per heavy atom. The van der Waals surface area contributed by atoms with Crippen molar-refractivity contribution in [3.05, 3.63) is 47.5 Å². The monoisotopic (exact) mass is 910 g/mol. The van der Waals surface area contributed by atoms with Crippen molar-refractivity contribution in [3.63, 3.8) is 0 Å². The average molecular weight is 910 g/mol. The third kappa shape index (κ3) is 16.3. The Hall–Kier alpha value is -5.75. The van der Waals surface area contributed by atoms with Crippen LogP contribution in [0.5, 0.6) is 11.5 Å². The van der Waals surface area contributed by atoms with Crippen LogP contribution >= 0.6 is 0 Å². The zero-order chi connectivity index (χ0) is 48.1. The number of benzene rings is 2. The maximum Gasteiger partial charge on any atom is 0.326 e. The van der Waals surface area contributed by atoms with E-state index in [9.17, 15) is 43.8 Å². The van der Waals surface area contributed by atoms with Crippen LogP contribution in [0, 0.1) is 0 Å². The quantitative estimate of drug-likeness (QED) is 0.0560. The van der Waals surface area contributed by atoms with E-state index in [1.165, 1.54) is 93.0 Å². The molecule has 0 saturated carbocycles. The zero-order valence-electron chi connectivity index (χ0n) is 38.9. The molecule has 65 heavy (non-hydrogen) atoms. The fraction of sp³-hybridized carbons (Fsp3) is 0.596.